The first-order chi connectivity index (χ1) is 16.1. The lowest BCUT2D eigenvalue weighted by molar-refractivity contribution is 0.0521. The molecule has 1 aliphatic rings. The number of likely N-dealkylation sites (N-methyl/N-ethyl adjacent to an activating group) is 1. The SMILES string of the molecule is CSc1ccccc1C(=O)N1CCC([C@@H](Cc2ccccc2)N(C)C(=O)c2ccsc2)CC1. The molecule has 4 rings (SSSR count). The first-order valence-corrected chi connectivity index (χ1v) is 13.5. The van der Waals surface area contributed by atoms with E-state index in [1.807, 2.05) is 70.3 Å². The number of thiophene rings is 1. The fourth-order valence-corrected chi connectivity index (χ4v) is 5.91. The predicted octanol–water partition coefficient (Wildman–Crippen LogP) is 5.71. The number of benzene rings is 2. The Hall–Kier alpha value is -2.57. The van der Waals surface area contributed by atoms with Crippen molar-refractivity contribution in [2.24, 2.45) is 5.92 Å². The van der Waals surface area contributed by atoms with Crippen LogP contribution in [0.1, 0.15) is 39.1 Å². The van der Waals surface area contributed by atoms with Crippen molar-refractivity contribution in [3.63, 3.8) is 0 Å². The number of piperidine rings is 1. The lowest BCUT2D eigenvalue weighted by Crippen LogP contribution is -2.48. The lowest BCUT2D eigenvalue weighted by atomic mass is 9.84. The van der Waals surface area contributed by atoms with Crippen LogP contribution in [0, 0.1) is 5.92 Å². The Morgan fingerprint density at radius 2 is 1.76 bits per heavy atom. The van der Waals surface area contributed by atoms with Gasteiger partial charge in [0.25, 0.3) is 11.8 Å². The van der Waals surface area contributed by atoms with E-state index in [9.17, 15) is 9.59 Å². The molecule has 0 aliphatic carbocycles. The van der Waals surface area contributed by atoms with Crippen molar-refractivity contribution in [2.45, 2.75) is 30.2 Å². The summed E-state index contributed by atoms with van der Waals surface area (Å²) in [5.74, 6) is 0.530. The third-order valence-corrected chi connectivity index (χ3v) is 8.06. The van der Waals surface area contributed by atoms with Gasteiger partial charge in [0, 0.05) is 36.5 Å². The largest absolute Gasteiger partial charge is 0.339 e. The molecule has 2 aromatic carbocycles. The highest BCUT2D eigenvalue weighted by atomic mass is 32.2. The average Bonchev–Trinajstić information content (AvgIpc) is 3.42. The molecule has 1 atom stereocenters. The highest BCUT2D eigenvalue weighted by Crippen LogP contribution is 2.29. The molecule has 2 heterocycles. The van der Waals surface area contributed by atoms with Gasteiger partial charge in [0.1, 0.15) is 0 Å². The van der Waals surface area contributed by atoms with Gasteiger partial charge in [0.15, 0.2) is 0 Å². The van der Waals surface area contributed by atoms with E-state index in [0.717, 1.165) is 48.4 Å². The molecule has 4 nitrogen and oxygen atoms in total. The molecule has 172 valence electrons. The minimum Gasteiger partial charge on any atom is -0.339 e. The summed E-state index contributed by atoms with van der Waals surface area (Å²) in [4.78, 5) is 31.3. The zero-order valence-corrected chi connectivity index (χ0v) is 20.8. The van der Waals surface area contributed by atoms with E-state index >= 15 is 0 Å². The molecule has 1 saturated heterocycles. The van der Waals surface area contributed by atoms with Gasteiger partial charge in [0.05, 0.1) is 11.1 Å². The number of hydrogen-bond donors (Lipinski definition) is 0. The molecule has 1 aliphatic heterocycles. The summed E-state index contributed by atoms with van der Waals surface area (Å²) in [6.45, 7) is 1.44. The molecule has 0 bridgehead atoms. The summed E-state index contributed by atoms with van der Waals surface area (Å²) < 4.78 is 0. The van der Waals surface area contributed by atoms with Crippen molar-refractivity contribution < 1.29 is 9.59 Å². The van der Waals surface area contributed by atoms with Crippen molar-refractivity contribution in [1.82, 2.24) is 9.80 Å². The van der Waals surface area contributed by atoms with Gasteiger partial charge in [-0.1, -0.05) is 42.5 Å². The molecule has 0 spiro atoms. The number of thioether (sulfide) groups is 1. The standard InChI is InChI=1S/C27H30N2O2S2/c1-28(26(30)22-14-17-33-19-22)24(18-20-8-4-3-5-9-20)21-12-15-29(16-13-21)27(31)23-10-6-7-11-25(23)32-2/h3-11,14,17,19,21,24H,12-13,15-16,18H2,1-2H3/t24-/m1/s1. The van der Waals surface area contributed by atoms with Gasteiger partial charge >= 0.3 is 0 Å². The fraction of sp³-hybridized carbons (Fsp3) is 0.333. The van der Waals surface area contributed by atoms with Gasteiger partial charge in [0.2, 0.25) is 0 Å². The first kappa shape index (κ1) is 23.6. The van der Waals surface area contributed by atoms with Gasteiger partial charge in [-0.05, 0) is 60.6 Å². The van der Waals surface area contributed by atoms with Crippen molar-refractivity contribution in [3.05, 3.63) is 88.1 Å². The van der Waals surface area contributed by atoms with Gasteiger partial charge in [-0.15, -0.1) is 11.8 Å². The minimum absolute atomic E-state index is 0.0737. The second-order valence-corrected chi connectivity index (χ2v) is 10.1. The summed E-state index contributed by atoms with van der Waals surface area (Å²) in [6.07, 6.45) is 4.62. The maximum Gasteiger partial charge on any atom is 0.254 e. The van der Waals surface area contributed by atoms with Crippen molar-refractivity contribution in [1.29, 1.82) is 0 Å². The van der Waals surface area contributed by atoms with E-state index in [-0.39, 0.29) is 17.9 Å². The van der Waals surface area contributed by atoms with E-state index in [1.54, 1.807) is 23.1 Å². The summed E-state index contributed by atoms with van der Waals surface area (Å²) in [5.41, 5.74) is 2.77. The summed E-state index contributed by atoms with van der Waals surface area (Å²) in [5, 5.41) is 3.87. The van der Waals surface area contributed by atoms with Crippen LogP contribution in [0.4, 0.5) is 0 Å². The third kappa shape index (κ3) is 5.50. The number of carbonyl (C=O) groups excluding carboxylic acids is 2. The molecule has 0 radical (unpaired) electrons. The van der Waals surface area contributed by atoms with E-state index < -0.39 is 0 Å². The smallest absolute Gasteiger partial charge is 0.254 e. The maximum absolute atomic E-state index is 13.2. The average molecular weight is 479 g/mol. The molecular formula is C27H30N2O2S2. The highest BCUT2D eigenvalue weighted by molar-refractivity contribution is 7.98. The Bertz CT molecular complexity index is 1060. The Balaban J connectivity index is 1.49. The number of hydrogen-bond acceptors (Lipinski definition) is 4. The van der Waals surface area contributed by atoms with Gasteiger partial charge in [-0.25, -0.2) is 0 Å². The quantitative estimate of drug-likeness (QED) is 0.409. The lowest BCUT2D eigenvalue weighted by Gasteiger charge is -2.40. The Morgan fingerprint density at radius 1 is 1.06 bits per heavy atom. The Kier molecular flexibility index (Phi) is 7.89. The van der Waals surface area contributed by atoms with Crippen LogP contribution in [0.25, 0.3) is 0 Å². The van der Waals surface area contributed by atoms with Crippen LogP contribution >= 0.6 is 23.1 Å². The summed E-state index contributed by atoms with van der Waals surface area (Å²) >= 11 is 3.16. The van der Waals surface area contributed by atoms with Crippen LogP contribution in [0.5, 0.6) is 0 Å². The molecular weight excluding hydrogens is 448 g/mol. The third-order valence-electron chi connectivity index (χ3n) is 6.58. The topological polar surface area (TPSA) is 40.6 Å². The zero-order chi connectivity index (χ0) is 23.2. The second-order valence-electron chi connectivity index (χ2n) is 8.52. The molecule has 0 saturated carbocycles. The van der Waals surface area contributed by atoms with Crippen LogP contribution < -0.4 is 0 Å². The van der Waals surface area contributed by atoms with Gasteiger partial charge in [-0.3, -0.25) is 9.59 Å². The number of rotatable bonds is 7. The van der Waals surface area contributed by atoms with Crippen LogP contribution in [0.2, 0.25) is 0 Å². The molecule has 6 heteroatoms. The Labute approximate surface area is 204 Å². The van der Waals surface area contributed by atoms with E-state index in [4.69, 9.17) is 0 Å². The second kappa shape index (κ2) is 11.0. The maximum atomic E-state index is 13.2. The molecule has 0 N–H and O–H groups in total. The molecule has 1 aromatic heterocycles. The van der Waals surface area contributed by atoms with Crippen LogP contribution in [0.3, 0.4) is 0 Å². The van der Waals surface area contributed by atoms with Crippen molar-refractivity contribution in [3.8, 4) is 0 Å². The number of likely N-dealkylation sites (tertiary alicyclic amines) is 1. The van der Waals surface area contributed by atoms with Crippen molar-refractivity contribution in [2.75, 3.05) is 26.4 Å². The van der Waals surface area contributed by atoms with E-state index in [2.05, 4.69) is 24.3 Å². The summed E-state index contributed by atoms with van der Waals surface area (Å²) in [7, 11) is 1.93. The van der Waals surface area contributed by atoms with Crippen molar-refractivity contribution >= 4 is 34.9 Å². The molecule has 33 heavy (non-hydrogen) atoms. The zero-order valence-electron chi connectivity index (χ0n) is 19.1. The van der Waals surface area contributed by atoms with E-state index in [1.165, 1.54) is 5.56 Å². The molecule has 2 amide bonds. The number of carbonyl (C=O) groups is 2. The normalized spacial score (nSPS) is 15.3. The predicted molar refractivity (Wildman–Crippen MR) is 137 cm³/mol. The first-order valence-electron chi connectivity index (χ1n) is 11.3. The number of amides is 2. The van der Waals surface area contributed by atoms with Crippen LogP contribution in [-0.2, 0) is 6.42 Å². The minimum atomic E-state index is 0.0737. The van der Waals surface area contributed by atoms with Crippen LogP contribution in [0.15, 0.2) is 76.3 Å². The van der Waals surface area contributed by atoms with Gasteiger partial charge in [-0.2, -0.15) is 11.3 Å². The monoisotopic (exact) mass is 478 g/mol. The van der Waals surface area contributed by atoms with Crippen LogP contribution in [-0.4, -0.2) is 54.0 Å². The molecule has 3 aromatic rings. The van der Waals surface area contributed by atoms with Gasteiger partial charge < -0.3 is 9.80 Å². The Morgan fingerprint density at radius 3 is 2.42 bits per heavy atom. The fourth-order valence-electron chi connectivity index (χ4n) is 4.69. The van der Waals surface area contributed by atoms with E-state index in [0.29, 0.717) is 5.92 Å². The number of nitrogens with zero attached hydrogens (tertiary/aromatic N) is 2. The summed E-state index contributed by atoms with van der Waals surface area (Å²) in [6, 6.07) is 20.2. The highest BCUT2D eigenvalue weighted by Gasteiger charge is 2.33. The molecule has 1 fully saturated rings. The molecule has 0 unspecified atom stereocenters.